The van der Waals surface area contributed by atoms with Crippen LogP contribution in [-0.4, -0.2) is 26.3 Å². The fraction of sp³-hybridized carbons (Fsp3) is 0.500. The van der Waals surface area contributed by atoms with E-state index in [4.69, 9.17) is 11.6 Å². The number of nitrogens with zero attached hydrogens (tertiary/aromatic N) is 1. The quantitative estimate of drug-likeness (QED) is 0.782. The van der Waals surface area contributed by atoms with E-state index in [1.807, 2.05) is 0 Å². The highest BCUT2D eigenvalue weighted by molar-refractivity contribution is 7.89. The van der Waals surface area contributed by atoms with Crippen molar-refractivity contribution in [3.63, 3.8) is 0 Å². The molecule has 18 heavy (non-hydrogen) atoms. The molecule has 0 unspecified atom stereocenters. The maximum Gasteiger partial charge on any atom is 0.242 e. The zero-order chi connectivity index (χ0) is 13.3. The molecule has 0 aliphatic heterocycles. The summed E-state index contributed by atoms with van der Waals surface area (Å²) < 4.78 is 39.1. The van der Waals surface area contributed by atoms with Crippen LogP contribution in [0.2, 0.25) is 0 Å². The fourth-order valence-corrected chi connectivity index (χ4v) is 3.26. The van der Waals surface area contributed by atoms with Crippen LogP contribution in [0.25, 0.3) is 0 Å². The van der Waals surface area contributed by atoms with Crippen molar-refractivity contribution in [1.29, 1.82) is 0 Å². The first-order chi connectivity index (χ1) is 8.45. The minimum Gasteiger partial charge on any atom is -0.207 e. The van der Waals surface area contributed by atoms with Gasteiger partial charge in [-0.15, -0.1) is 11.6 Å². The van der Waals surface area contributed by atoms with E-state index in [0.29, 0.717) is 12.5 Å². The molecule has 0 aromatic heterocycles. The zero-order valence-electron chi connectivity index (χ0n) is 10.1. The minimum absolute atomic E-state index is 0.0401. The minimum atomic E-state index is -3.54. The second-order valence-electron chi connectivity index (χ2n) is 4.62. The van der Waals surface area contributed by atoms with Crippen molar-refractivity contribution >= 4 is 21.6 Å². The summed E-state index contributed by atoms with van der Waals surface area (Å²) in [5.74, 6) is -0.0480. The summed E-state index contributed by atoms with van der Waals surface area (Å²) in [5.41, 5.74) is 0.206. The average molecular weight is 292 g/mol. The van der Waals surface area contributed by atoms with E-state index in [2.05, 4.69) is 0 Å². The molecule has 1 aliphatic rings. The molecule has 0 N–H and O–H groups in total. The number of alkyl halides is 1. The topological polar surface area (TPSA) is 37.4 Å². The maximum atomic E-state index is 13.3. The molecule has 0 heterocycles. The molecule has 3 nitrogen and oxygen atoms in total. The molecular formula is C12H15ClFNO2S. The summed E-state index contributed by atoms with van der Waals surface area (Å²) in [4.78, 5) is 0.0997. The number of hydrogen-bond donors (Lipinski definition) is 0. The van der Waals surface area contributed by atoms with Crippen LogP contribution < -0.4 is 0 Å². The Bertz CT molecular complexity index is 543. The van der Waals surface area contributed by atoms with Crippen LogP contribution in [-0.2, 0) is 15.9 Å². The zero-order valence-corrected chi connectivity index (χ0v) is 11.6. The monoisotopic (exact) mass is 291 g/mol. The average Bonchev–Trinajstić information content (AvgIpc) is 3.13. The number of benzene rings is 1. The molecule has 1 saturated carbocycles. The van der Waals surface area contributed by atoms with Gasteiger partial charge in [0.2, 0.25) is 10.0 Å². The molecule has 0 atom stereocenters. The van der Waals surface area contributed by atoms with Crippen molar-refractivity contribution in [3.05, 3.63) is 29.6 Å². The van der Waals surface area contributed by atoms with E-state index < -0.39 is 15.8 Å². The Kier molecular flexibility index (Phi) is 3.94. The van der Waals surface area contributed by atoms with Gasteiger partial charge in [-0.2, -0.15) is 0 Å². The Balaban J connectivity index is 2.27. The molecule has 6 heteroatoms. The first-order valence-corrected chi connectivity index (χ1v) is 7.73. The number of halogens is 2. The van der Waals surface area contributed by atoms with Gasteiger partial charge in [-0.1, -0.05) is 0 Å². The molecule has 0 bridgehead atoms. The van der Waals surface area contributed by atoms with Crippen LogP contribution >= 0.6 is 11.6 Å². The Morgan fingerprint density at radius 2 is 2.11 bits per heavy atom. The Labute approximate surface area is 112 Å². The van der Waals surface area contributed by atoms with E-state index in [-0.39, 0.29) is 16.3 Å². The van der Waals surface area contributed by atoms with E-state index in [0.717, 1.165) is 18.9 Å². The second kappa shape index (κ2) is 5.15. The lowest BCUT2D eigenvalue weighted by Crippen LogP contribution is -2.29. The van der Waals surface area contributed by atoms with Crippen LogP contribution in [0.4, 0.5) is 4.39 Å². The highest BCUT2D eigenvalue weighted by Gasteiger charge is 2.29. The summed E-state index contributed by atoms with van der Waals surface area (Å²) >= 11 is 5.58. The number of hydrogen-bond acceptors (Lipinski definition) is 2. The van der Waals surface area contributed by atoms with Crippen molar-refractivity contribution in [2.75, 3.05) is 13.6 Å². The first kappa shape index (κ1) is 13.8. The lowest BCUT2D eigenvalue weighted by Gasteiger charge is -2.17. The SMILES string of the molecule is CN(CC1CC1)S(=O)(=O)c1ccc(F)c(CCl)c1. The molecule has 0 saturated heterocycles. The van der Waals surface area contributed by atoms with Gasteiger partial charge in [0, 0.05) is 19.2 Å². The third kappa shape index (κ3) is 2.84. The van der Waals surface area contributed by atoms with Gasteiger partial charge < -0.3 is 0 Å². The molecule has 1 fully saturated rings. The molecule has 2 rings (SSSR count). The predicted molar refractivity (Wildman–Crippen MR) is 68.5 cm³/mol. The highest BCUT2D eigenvalue weighted by Crippen LogP contribution is 2.31. The number of rotatable bonds is 5. The van der Waals surface area contributed by atoms with Gasteiger partial charge in [-0.3, -0.25) is 0 Å². The van der Waals surface area contributed by atoms with Gasteiger partial charge in [-0.25, -0.2) is 17.1 Å². The van der Waals surface area contributed by atoms with Gasteiger partial charge in [0.15, 0.2) is 0 Å². The molecule has 1 aliphatic carbocycles. The van der Waals surface area contributed by atoms with Crippen molar-refractivity contribution in [2.45, 2.75) is 23.6 Å². The van der Waals surface area contributed by atoms with E-state index in [1.165, 1.54) is 16.4 Å². The van der Waals surface area contributed by atoms with Crippen LogP contribution in [0.1, 0.15) is 18.4 Å². The maximum absolute atomic E-state index is 13.3. The van der Waals surface area contributed by atoms with Gasteiger partial charge in [0.1, 0.15) is 5.82 Å². The van der Waals surface area contributed by atoms with Gasteiger partial charge in [0.25, 0.3) is 0 Å². The summed E-state index contributed by atoms with van der Waals surface area (Å²) in [5, 5.41) is 0. The Hall–Kier alpha value is -0.650. The van der Waals surface area contributed by atoms with E-state index in [1.54, 1.807) is 7.05 Å². The van der Waals surface area contributed by atoms with Crippen molar-refractivity contribution in [1.82, 2.24) is 4.31 Å². The van der Waals surface area contributed by atoms with Crippen molar-refractivity contribution < 1.29 is 12.8 Å². The van der Waals surface area contributed by atoms with Crippen LogP contribution in [0.15, 0.2) is 23.1 Å². The normalized spacial score (nSPS) is 16.2. The Morgan fingerprint density at radius 1 is 1.44 bits per heavy atom. The standard InChI is InChI=1S/C12H15ClFNO2S/c1-15(8-9-2-3-9)18(16,17)11-4-5-12(14)10(6-11)7-13/h4-6,9H,2-3,7-8H2,1H3. The third-order valence-electron chi connectivity index (χ3n) is 3.08. The van der Waals surface area contributed by atoms with Crippen LogP contribution in [0.5, 0.6) is 0 Å². The number of sulfonamides is 1. The molecule has 1 aromatic rings. The van der Waals surface area contributed by atoms with Crippen LogP contribution in [0.3, 0.4) is 0 Å². The van der Waals surface area contributed by atoms with E-state index >= 15 is 0 Å². The molecular weight excluding hydrogens is 277 g/mol. The molecule has 100 valence electrons. The summed E-state index contributed by atoms with van der Waals surface area (Å²) in [6, 6.07) is 3.74. The fourth-order valence-electron chi connectivity index (χ4n) is 1.76. The van der Waals surface area contributed by atoms with Gasteiger partial charge in [-0.05, 0) is 37.0 Å². The van der Waals surface area contributed by atoms with Gasteiger partial charge in [0.05, 0.1) is 10.8 Å². The van der Waals surface area contributed by atoms with Crippen LogP contribution in [0, 0.1) is 11.7 Å². The molecule has 0 radical (unpaired) electrons. The Morgan fingerprint density at radius 3 is 2.67 bits per heavy atom. The lowest BCUT2D eigenvalue weighted by atomic mass is 10.2. The largest absolute Gasteiger partial charge is 0.242 e. The molecule has 0 spiro atoms. The third-order valence-corrected chi connectivity index (χ3v) is 5.19. The van der Waals surface area contributed by atoms with Gasteiger partial charge >= 0.3 is 0 Å². The lowest BCUT2D eigenvalue weighted by molar-refractivity contribution is 0.452. The summed E-state index contributed by atoms with van der Waals surface area (Å²) in [7, 11) is -1.98. The molecule has 1 aromatic carbocycles. The first-order valence-electron chi connectivity index (χ1n) is 5.76. The summed E-state index contributed by atoms with van der Waals surface area (Å²) in [6.07, 6.45) is 2.16. The highest BCUT2D eigenvalue weighted by atomic mass is 35.5. The van der Waals surface area contributed by atoms with Crippen molar-refractivity contribution in [2.24, 2.45) is 5.92 Å². The van der Waals surface area contributed by atoms with Crippen molar-refractivity contribution in [3.8, 4) is 0 Å². The summed E-state index contributed by atoms with van der Waals surface area (Å²) in [6.45, 7) is 0.524. The van der Waals surface area contributed by atoms with E-state index in [9.17, 15) is 12.8 Å². The molecule has 0 amide bonds. The smallest absolute Gasteiger partial charge is 0.207 e. The predicted octanol–water partition coefficient (Wildman–Crippen LogP) is 2.60. The second-order valence-corrected chi connectivity index (χ2v) is 6.93.